The Labute approximate surface area is 863 Å². The van der Waals surface area contributed by atoms with Gasteiger partial charge in [-0.05, 0) is 253 Å². The van der Waals surface area contributed by atoms with Crippen molar-refractivity contribution in [2.45, 2.75) is 147 Å². The van der Waals surface area contributed by atoms with E-state index in [-0.39, 0.29) is 61.0 Å². The normalized spacial score (nSPS) is 18.8. The van der Waals surface area contributed by atoms with Crippen LogP contribution in [0.4, 0.5) is 138 Å². The summed E-state index contributed by atoms with van der Waals surface area (Å²) in [5.41, 5.74) is 11.5. The summed E-state index contributed by atoms with van der Waals surface area (Å²) in [5.74, 6) is 2.88. The van der Waals surface area contributed by atoms with Gasteiger partial charge in [0.15, 0.2) is 0 Å². The summed E-state index contributed by atoms with van der Waals surface area (Å²) in [6, 6.07) is 26.3. The number of cyclic esters (lactones) is 4. The van der Waals surface area contributed by atoms with Crippen molar-refractivity contribution in [3.63, 3.8) is 0 Å². The van der Waals surface area contributed by atoms with E-state index in [2.05, 4.69) is 227 Å². The maximum Gasteiger partial charge on any atom is 0.421 e. The van der Waals surface area contributed by atoms with E-state index < -0.39 is 23.5 Å². The first kappa shape index (κ1) is 107. The molecule has 790 valence electrons. The molecule has 9 saturated heterocycles. The smallest absolute Gasteiger partial charge is 0.421 e. The molecule has 2 aliphatic carbocycles. The molecule has 4 aromatic heterocycles. The van der Waals surface area contributed by atoms with Crippen LogP contribution in [-0.4, -0.2) is 340 Å². The van der Waals surface area contributed by atoms with E-state index in [1.165, 1.54) is 53.3 Å². The number of ether oxygens (including phenoxy) is 4. The summed E-state index contributed by atoms with van der Waals surface area (Å²) in [4.78, 5) is 107. The minimum atomic E-state index is -4.60. The van der Waals surface area contributed by atoms with Crippen molar-refractivity contribution in [2.24, 2.45) is 0 Å². The van der Waals surface area contributed by atoms with Gasteiger partial charge in [0.1, 0.15) is 39.4 Å². The molecule has 0 bridgehead atoms. The number of aromatic nitrogens is 8. The minimum absolute atomic E-state index is 0.106. The Kier molecular flexibility index (Phi) is 37.4. The lowest BCUT2D eigenvalue weighted by atomic mass is 10.1. The lowest BCUT2D eigenvalue weighted by Gasteiger charge is -2.39. The third-order valence-corrected chi connectivity index (χ3v) is 28.9. The molecule has 19 rings (SSSR count). The fourth-order valence-corrected chi connectivity index (χ4v) is 19.7. The van der Waals surface area contributed by atoms with E-state index in [4.69, 9.17) is 30.5 Å². The predicted molar refractivity (Wildman–Crippen MR) is 561 cm³/mol. The third kappa shape index (κ3) is 30.0. The van der Waals surface area contributed by atoms with E-state index in [0.717, 1.165) is 245 Å². The van der Waals surface area contributed by atoms with Gasteiger partial charge in [-0.25, -0.2) is 39.1 Å². The van der Waals surface area contributed by atoms with Crippen LogP contribution in [0.2, 0.25) is 5.02 Å². The van der Waals surface area contributed by atoms with Crippen LogP contribution in [0.5, 0.6) is 0 Å². The number of hydrogen-bond acceptors (Lipinski definition) is 32. The van der Waals surface area contributed by atoms with Gasteiger partial charge in [-0.15, -0.1) is 0 Å². The number of fused-ring (bicyclic) bond motifs is 1. The van der Waals surface area contributed by atoms with Gasteiger partial charge in [0, 0.05) is 247 Å². The number of rotatable bonds is 36. The van der Waals surface area contributed by atoms with Gasteiger partial charge in [0.25, 0.3) is 0 Å². The van der Waals surface area contributed by atoms with E-state index in [1.54, 1.807) is 32.0 Å². The molecule has 0 radical (unpaired) electrons. The first-order valence-corrected chi connectivity index (χ1v) is 52.8. The second-order valence-corrected chi connectivity index (χ2v) is 40.0. The van der Waals surface area contributed by atoms with Gasteiger partial charge in [0.05, 0.1) is 37.1 Å². The Hall–Kier alpha value is -11.9. The molecular formula is C102H138BrClF6N28O8. The molecule has 146 heavy (non-hydrogen) atoms. The average Bonchev–Trinajstić information content (AvgIpc) is 1.59. The number of piperazine rings is 4. The average molecular weight is 2110 g/mol. The molecule has 8 N–H and O–H groups in total. The van der Waals surface area contributed by atoms with Gasteiger partial charge in [-0.2, -0.15) is 46.3 Å². The number of alkyl halides is 6. The van der Waals surface area contributed by atoms with Gasteiger partial charge in [0.2, 0.25) is 23.8 Å². The number of carbonyl (C=O) groups excluding carboxylic acids is 4. The largest absolute Gasteiger partial charge is 0.449 e. The molecule has 8 aromatic rings. The summed E-state index contributed by atoms with van der Waals surface area (Å²) in [6.45, 7) is 29.5. The number of nitrogens with zero attached hydrogens (tertiary/aromatic N) is 20. The standard InChI is InChI=1S/C28H36F3N7O2.C26H34F3N7O2.C24H34BrN7O2.C24H34ClN7O2/c29-28(30,31)23-17-33-26(35-25(23)32-9-2-11-37-12-3-15-40-27(37)39)34-24-8-7-20(16-22(24)19-5-6-19)38-14-13-36-10-1-4-21(36)18-38;1-34-11-13-35(14-12-34)19-6-7-22(20(16-19)18-4-5-18)32-24-31-17-21(26(27,28)29)23(33-24)30-8-2-9-36-10-3-15-38-25(36)37;2*1-3-18-16-19(31-13-11-30(2)12-14-31)6-7-21(18)28-23-27-17-20(25)22(29-23)26-8-4-9-32-10-5-15-34-24(32)33/h7-8,16-17,19,21H,1-6,9-15,18H2,(H2,32,33,34,35);6-7,16-18H,2-5,8-15H2,1H3,(H2,30,31,32,33);2*6-7,16-17H,3-5,8-15H2,1-2H3,(H2,26,27,28,29)/t21-;;;/m1.../s1. The van der Waals surface area contributed by atoms with Crippen LogP contribution in [-0.2, 0) is 44.1 Å². The van der Waals surface area contributed by atoms with Crippen molar-refractivity contribution in [1.29, 1.82) is 0 Å². The van der Waals surface area contributed by atoms with Gasteiger partial charge >= 0.3 is 36.7 Å². The minimum Gasteiger partial charge on any atom is -0.449 e. The molecule has 9 aliphatic heterocycles. The van der Waals surface area contributed by atoms with E-state index in [9.17, 15) is 45.5 Å². The van der Waals surface area contributed by atoms with Crippen molar-refractivity contribution in [3.8, 4) is 0 Å². The van der Waals surface area contributed by atoms with Crippen molar-refractivity contribution in [3.05, 3.63) is 140 Å². The molecule has 36 nitrogen and oxygen atoms in total. The van der Waals surface area contributed by atoms with E-state index in [0.29, 0.717) is 132 Å². The summed E-state index contributed by atoms with van der Waals surface area (Å²) in [7, 11) is 6.47. The SMILES string of the molecule is CCc1cc(N2CCN(C)CC2)ccc1Nc1ncc(Br)c(NCCCN2CCCOC2=O)n1.CCc1cc(N2CCN(C)CC2)ccc1Nc1ncc(Cl)c(NCCCN2CCCOC2=O)n1.CN1CCN(c2ccc(Nc3ncc(C(F)(F)F)c(NCCCN4CCCOC4=O)n3)c(C3CC3)c2)CC1.O=C1OCCCN1CCCNc1nc(Nc2ccc(N3CCN4CCC[C@@H]4C3)cc2C2CC2)ncc1C(F)(F)F. The monoisotopic (exact) mass is 2110 g/mol. The maximum atomic E-state index is 13.7. The first-order chi connectivity index (χ1) is 70.7. The number of aryl methyl sites for hydroxylation is 2. The van der Waals surface area contributed by atoms with Gasteiger partial charge in [-0.3, -0.25) is 4.90 Å². The predicted octanol–water partition coefficient (Wildman–Crippen LogP) is 17.3. The number of halogens is 8. The lowest BCUT2D eigenvalue weighted by Crippen LogP contribution is -2.50. The molecule has 1 atom stereocenters. The molecular weight excluding hydrogens is 1970 g/mol. The van der Waals surface area contributed by atoms with Crippen LogP contribution in [0.15, 0.2) is 102 Å². The first-order valence-electron chi connectivity index (χ1n) is 51.7. The fraction of sp³-hybridized carbons (Fsp3) is 0.569. The molecule has 13 heterocycles. The highest BCUT2D eigenvalue weighted by atomic mass is 79.9. The van der Waals surface area contributed by atoms with E-state index in [1.807, 2.05) is 18.2 Å². The maximum absolute atomic E-state index is 13.7. The van der Waals surface area contributed by atoms with Crippen molar-refractivity contribution >= 4 is 144 Å². The highest BCUT2D eigenvalue weighted by Gasteiger charge is 2.40. The molecule has 44 heteroatoms. The number of carbonyl (C=O) groups is 4. The zero-order valence-corrected chi connectivity index (χ0v) is 86.5. The van der Waals surface area contributed by atoms with Crippen LogP contribution in [0, 0.1) is 0 Å². The molecule has 11 aliphatic rings. The Morgan fingerprint density at radius 1 is 0.377 bits per heavy atom. The number of anilines is 16. The Morgan fingerprint density at radius 3 is 1.08 bits per heavy atom. The summed E-state index contributed by atoms with van der Waals surface area (Å²) in [6.07, 6.45) is 9.07. The molecule has 2 saturated carbocycles. The fourth-order valence-electron chi connectivity index (χ4n) is 19.2. The quantitative estimate of drug-likeness (QED) is 0.0103. The highest BCUT2D eigenvalue weighted by molar-refractivity contribution is 9.10. The van der Waals surface area contributed by atoms with Crippen LogP contribution in [0.3, 0.4) is 0 Å². The summed E-state index contributed by atoms with van der Waals surface area (Å²) < 4.78 is 103. The highest BCUT2D eigenvalue weighted by Crippen LogP contribution is 2.48. The number of benzene rings is 4. The number of likely N-dealkylation sites (N-methyl/N-ethyl adjacent to an activating group) is 3. The lowest BCUT2D eigenvalue weighted by molar-refractivity contribution is -0.138. The number of hydrogen-bond donors (Lipinski definition) is 8. The summed E-state index contributed by atoms with van der Waals surface area (Å²) >= 11 is 9.85. The number of nitrogens with one attached hydrogen (secondary N) is 8. The van der Waals surface area contributed by atoms with Crippen molar-refractivity contribution < 1.29 is 64.5 Å². The van der Waals surface area contributed by atoms with Gasteiger partial charge in [-0.1, -0.05) is 25.4 Å². The Bertz CT molecular complexity index is 5530. The summed E-state index contributed by atoms with van der Waals surface area (Å²) in [5, 5.41) is 25.8. The third-order valence-electron chi connectivity index (χ3n) is 28.1. The molecule has 4 amide bonds. The van der Waals surface area contributed by atoms with Crippen molar-refractivity contribution in [2.75, 3.05) is 293 Å². The molecule has 11 fully saturated rings. The second kappa shape index (κ2) is 51.1. The van der Waals surface area contributed by atoms with Crippen LogP contribution >= 0.6 is 27.5 Å². The topological polar surface area (TPSA) is 343 Å². The van der Waals surface area contributed by atoms with Crippen LogP contribution < -0.4 is 62.1 Å². The molecule has 0 spiro atoms. The van der Waals surface area contributed by atoms with Crippen molar-refractivity contribution in [1.82, 2.24) is 79.1 Å². The number of amides is 4. The van der Waals surface area contributed by atoms with Crippen LogP contribution in [0.25, 0.3) is 0 Å². The zero-order valence-electron chi connectivity index (χ0n) is 84.1. The Morgan fingerprint density at radius 2 is 0.705 bits per heavy atom. The molecule has 4 aromatic carbocycles. The van der Waals surface area contributed by atoms with E-state index >= 15 is 0 Å². The molecule has 0 unspecified atom stereocenters. The van der Waals surface area contributed by atoms with Gasteiger partial charge < -0.3 is 115 Å². The second-order valence-electron chi connectivity index (χ2n) is 38.8. The Balaban J connectivity index is 0.000000140. The zero-order chi connectivity index (χ0) is 102. The van der Waals surface area contributed by atoms with Crippen LogP contribution in [0.1, 0.15) is 149 Å².